The normalized spacial score (nSPS) is 14.3. The lowest BCUT2D eigenvalue weighted by Gasteiger charge is -2.30. The minimum atomic E-state index is -4.43. The molecular weight excluding hydrogens is 301 g/mol. The molecule has 0 N–H and O–H groups in total. The Hall–Kier alpha value is -2.10. The third kappa shape index (κ3) is 4.01. The molecule has 2 rings (SSSR count). The van der Waals surface area contributed by atoms with E-state index in [1.807, 2.05) is 13.8 Å². The fraction of sp³-hybridized carbons (Fsp3) is 0.316. The lowest BCUT2D eigenvalue weighted by atomic mass is 9.73. The molecule has 0 heterocycles. The fourth-order valence-electron chi connectivity index (χ4n) is 2.66. The van der Waals surface area contributed by atoms with Gasteiger partial charge in [-0.1, -0.05) is 59.7 Å². The third-order valence-corrected chi connectivity index (χ3v) is 4.06. The van der Waals surface area contributed by atoms with Crippen molar-refractivity contribution < 1.29 is 18.0 Å². The van der Waals surface area contributed by atoms with Crippen molar-refractivity contribution in [2.45, 2.75) is 38.8 Å². The molecule has 1 unspecified atom stereocenters. The van der Waals surface area contributed by atoms with Gasteiger partial charge in [0.05, 0.1) is 11.8 Å². The Bertz CT molecular complexity index is 684. The van der Waals surface area contributed by atoms with Crippen molar-refractivity contribution in [3.05, 3.63) is 70.8 Å². The van der Waals surface area contributed by atoms with Crippen LogP contribution in [0.3, 0.4) is 0 Å². The van der Waals surface area contributed by atoms with Gasteiger partial charge in [0, 0.05) is 5.56 Å². The Morgan fingerprint density at radius 2 is 1.30 bits per heavy atom. The van der Waals surface area contributed by atoms with E-state index in [2.05, 4.69) is 0 Å². The van der Waals surface area contributed by atoms with E-state index in [4.69, 9.17) is 0 Å². The molecule has 2 aromatic rings. The number of ketones is 1. The minimum Gasteiger partial charge on any atom is -0.293 e. The molecule has 1 atom stereocenters. The van der Waals surface area contributed by atoms with Crippen LogP contribution in [-0.4, -0.2) is 12.0 Å². The van der Waals surface area contributed by atoms with Crippen LogP contribution in [-0.2, 0) is 5.41 Å². The van der Waals surface area contributed by atoms with Crippen molar-refractivity contribution in [2.75, 3.05) is 0 Å². The average Bonchev–Trinajstić information content (AvgIpc) is 2.46. The number of aryl methyl sites for hydroxylation is 2. The van der Waals surface area contributed by atoms with Crippen molar-refractivity contribution in [3.63, 3.8) is 0 Å². The summed E-state index contributed by atoms with van der Waals surface area (Å²) in [6, 6.07) is 13.3. The number of carbonyl (C=O) groups is 1. The number of carbonyl (C=O) groups excluding carboxylic acids is 1. The molecule has 0 saturated carbocycles. The van der Waals surface area contributed by atoms with Crippen LogP contribution in [0.25, 0.3) is 0 Å². The average molecular weight is 320 g/mol. The van der Waals surface area contributed by atoms with Crippen LogP contribution in [0.2, 0.25) is 0 Å². The predicted octanol–water partition coefficient (Wildman–Crippen LogP) is 5.40. The minimum absolute atomic E-state index is 0.294. The molecule has 0 saturated heterocycles. The van der Waals surface area contributed by atoms with Crippen LogP contribution in [0.1, 0.15) is 40.4 Å². The summed E-state index contributed by atoms with van der Waals surface area (Å²) < 4.78 is 39.3. The number of hydrogen-bond donors (Lipinski definition) is 0. The lowest BCUT2D eigenvalue weighted by molar-refractivity contribution is -0.143. The van der Waals surface area contributed by atoms with Crippen LogP contribution in [0.15, 0.2) is 48.5 Å². The topological polar surface area (TPSA) is 17.1 Å². The van der Waals surface area contributed by atoms with Gasteiger partial charge in [0.25, 0.3) is 0 Å². The molecule has 0 bridgehead atoms. The second kappa shape index (κ2) is 6.19. The van der Waals surface area contributed by atoms with E-state index >= 15 is 0 Å². The summed E-state index contributed by atoms with van der Waals surface area (Å²) in [6.07, 6.45) is -5.62. The molecule has 0 radical (unpaired) electrons. The van der Waals surface area contributed by atoms with Crippen LogP contribution in [0, 0.1) is 13.8 Å². The monoisotopic (exact) mass is 320 g/mol. The first-order chi connectivity index (χ1) is 10.6. The van der Waals surface area contributed by atoms with Gasteiger partial charge >= 0.3 is 6.18 Å². The second-order valence-corrected chi connectivity index (χ2v) is 6.19. The van der Waals surface area contributed by atoms with Gasteiger partial charge in [-0.3, -0.25) is 4.79 Å². The molecule has 23 heavy (non-hydrogen) atoms. The highest BCUT2D eigenvalue weighted by molar-refractivity contribution is 6.04. The predicted molar refractivity (Wildman–Crippen MR) is 84.7 cm³/mol. The van der Waals surface area contributed by atoms with Crippen LogP contribution in [0.4, 0.5) is 13.2 Å². The van der Waals surface area contributed by atoms with Gasteiger partial charge < -0.3 is 0 Å². The molecule has 1 nitrogen and oxygen atoms in total. The Morgan fingerprint density at radius 1 is 0.870 bits per heavy atom. The van der Waals surface area contributed by atoms with Gasteiger partial charge in [-0.05, 0) is 26.3 Å². The maximum absolute atomic E-state index is 13.1. The maximum atomic E-state index is 13.1. The van der Waals surface area contributed by atoms with Crippen molar-refractivity contribution in [2.24, 2.45) is 0 Å². The van der Waals surface area contributed by atoms with E-state index < -0.39 is 23.8 Å². The Labute approximate surface area is 134 Å². The number of halogens is 3. The van der Waals surface area contributed by atoms with Gasteiger partial charge in [0.2, 0.25) is 0 Å². The van der Waals surface area contributed by atoms with E-state index in [1.165, 1.54) is 6.92 Å². The van der Waals surface area contributed by atoms with E-state index in [1.54, 1.807) is 48.5 Å². The summed E-state index contributed by atoms with van der Waals surface area (Å²) in [5.74, 6) is -0.515. The summed E-state index contributed by atoms with van der Waals surface area (Å²) >= 11 is 0. The van der Waals surface area contributed by atoms with E-state index in [0.717, 1.165) is 11.1 Å². The summed E-state index contributed by atoms with van der Waals surface area (Å²) in [5.41, 5.74) is 0.926. The first-order valence-corrected chi connectivity index (χ1v) is 7.37. The zero-order valence-electron chi connectivity index (χ0n) is 13.4. The summed E-state index contributed by atoms with van der Waals surface area (Å²) in [5, 5.41) is 0. The second-order valence-electron chi connectivity index (χ2n) is 6.19. The largest absolute Gasteiger partial charge is 0.390 e. The highest BCUT2D eigenvalue weighted by Gasteiger charge is 2.45. The van der Waals surface area contributed by atoms with Gasteiger partial charge in [-0.2, -0.15) is 13.2 Å². The molecule has 4 heteroatoms. The Balaban J connectivity index is 2.50. The third-order valence-electron chi connectivity index (χ3n) is 4.06. The zero-order chi connectivity index (χ0) is 17.3. The molecule has 0 aromatic heterocycles. The van der Waals surface area contributed by atoms with Gasteiger partial charge in [0.1, 0.15) is 0 Å². The molecular formula is C19H19F3O. The smallest absolute Gasteiger partial charge is 0.293 e. The van der Waals surface area contributed by atoms with Crippen LogP contribution < -0.4 is 0 Å². The summed E-state index contributed by atoms with van der Waals surface area (Å²) in [7, 11) is 0. The molecule has 0 amide bonds. The fourth-order valence-corrected chi connectivity index (χ4v) is 2.66. The van der Waals surface area contributed by atoms with E-state index in [-0.39, 0.29) is 0 Å². The molecule has 0 aliphatic heterocycles. The van der Waals surface area contributed by atoms with Crippen molar-refractivity contribution in [1.29, 1.82) is 0 Å². The standard InChI is InChI=1S/C19H19F3O/c1-13-4-8-15(9-5-13)17(23)18(3,12-19(20,21)22)16-10-6-14(2)7-11-16/h4-11H,12H2,1-3H3. The van der Waals surface area contributed by atoms with E-state index in [0.29, 0.717) is 11.1 Å². The number of rotatable bonds is 4. The molecule has 122 valence electrons. The zero-order valence-corrected chi connectivity index (χ0v) is 13.4. The Morgan fingerprint density at radius 3 is 1.74 bits per heavy atom. The van der Waals surface area contributed by atoms with Crippen LogP contribution >= 0.6 is 0 Å². The Kier molecular flexibility index (Phi) is 4.64. The van der Waals surface area contributed by atoms with E-state index in [9.17, 15) is 18.0 Å². The molecule has 0 fully saturated rings. The highest BCUT2D eigenvalue weighted by atomic mass is 19.4. The highest BCUT2D eigenvalue weighted by Crippen LogP contribution is 2.39. The summed E-state index contributed by atoms with van der Waals surface area (Å²) in [6.45, 7) is 5.09. The van der Waals surface area contributed by atoms with Gasteiger partial charge in [-0.15, -0.1) is 0 Å². The van der Waals surface area contributed by atoms with Gasteiger partial charge in [0.15, 0.2) is 5.78 Å². The number of benzene rings is 2. The number of Topliss-reactive ketones (excluding diaryl/α,β-unsaturated/α-hetero) is 1. The maximum Gasteiger partial charge on any atom is 0.390 e. The first-order valence-electron chi connectivity index (χ1n) is 7.37. The molecule has 0 aliphatic carbocycles. The number of alkyl halides is 3. The SMILES string of the molecule is Cc1ccc(C(=O)C(C)(CC(F)(F)F)c2ccc(C)cc2)cc1. The van der Waals surface area contributed by atoms with Crippen molar-refractivity contribution >= 4 is 5.78 Å². The molecule has 0 spiro atoms. The van der Waals surface area contributed by atoms with Crippen molar-refractivity contribution in [1.82, 2.24) is 0 Å². The van der Waals surface area contributed by atoms with Gasteiger partial charge in [-0.25, -0.2) is 0 Å². The van der Waals surface area contributed by atoms with Crippen LogP contribution in [0.5, 0.6) is 0 Å². The molecule has 2 aromatic carbocycles. The lowest BCUT2D eigenvalue weighted by Crippen LogP contribution is -2.37. The summed E-state index contributed by atoms with van der Waals surface area (Å²) in [4.78, 5) is 12.8. The number of hydrogen-bond acceptors (Lipinski definition) is 1. The molecule has 0 aliphatic rings. The van der Waals surface area contributed by atoms with Crippen molar-refractivity contribution in [3.8, 4) is 0 Å². The first kappa shape index (κ1) is 17.3. The quantitative estimate of drug-likeness (QED) is 0.690.